The molecule has 1 aromatic carbocycles. The van der Waals surface area contributed by atoms with Crippen molar-refractivity contribution in [1.82, 2.24) is 14.8 Å². The third-order valence-electron chi connectivity index (χ3n) is 3.18. The number of aromatic amines is 1. The van der Waals surface area contributed by atoms with Crippen LogP contribution in [0, 0.1) is 0 Å². The van der Waals surface area contributed by atoms with E-state index < -0.39 is 0 Å². The van der Waals surface area contributed by atoms with Crippen molar-refractivity contribution in [2.45, 2.75) is 29.8 Å². The van der Waals surface area contributed by atoms with Gasteiger partial charge >= 0.3 is 5.69 Å². The molecule has 0 spiro atoms. The molecule has 0 bridgehead atoms. The Kier molecular flexibility index (Phi) is 3.89. The summed E-state index contributed by atoms with van der Waals surface area (Å²) in [5, 5.41) is 7.39. The highest BCUT2D eigenvalue weighted by Crippen LogP contribution is 2.37. The van der Waals surface area contributed by atoms with Gasteiger partial charge in [-0.25, -0.2) is 9.89 Å². The fourth-order valence-electron chi connectivity index (χ4n) is 2.05. The number of halogens is 1. The van der Waals surface area contributed by atoms with E-state index in [1.807, 2.05) is 18.2 Å². The molecule has 0 aliphatic heterocycles. The summed E-state index contributed by atoms with van der Waals surface area (Å²) in [6.45, 7) is 0. The van der Waals surface area contributed by atoms with Crippen LogP contribution in [-0.2, 0) is 5.75 Å². The molecule has 3 rings (SSSR count). The van der Waals surface area contributed by atoms with Crippen LogP contribution < -0.4 is 10.4 Å². The smallest absolute Gasteiger partial charge is 0.344 e. The molecule has 106 valence electrons. The minimum absolute atomic E-state index is 0.115. The minimum atomic E-state index is -0.115. The highest BCUT2D eigenvalue weighted by molar-refractivity contribution is 9.10. The second-order valence-corrected chi connectivity index (χ2v) is 6.52. The number of H-pyrrole nitrogens is 1. The average Bonchev–Trinajstić information content (AvgIpc) is 3.20. The second kappa shape index (κ2) is 5.65. The maximum absolute atomic E-state index is 11.7. The summed E-state index contributed by atoms with van der Waals surface area (Å²) >= 11 is 5.01. The van der Waals surface area contributed by atoms with Crippen molar-refractivity contribution >= 4 is 27.7 Å². The Balaban J connectivity index is 1.80. The van der Waals surface area contributed by atoms with Crippen LogP contribution in [-0.4, -0.2) is 21.9 Å². The fourth-order valence-corrected chi connectivity index (χ4v) is 3.45. The van der Waals surface area contributed by atoms with Crippen LogP contribution >= 0.6 is 27.7 Å². The Labute approximate surface area is 128 Å². The third-order valence-corrected chi connectivity index (χ3v) is 4.68. The highest BCUT2D eigenvalue weighted by atomic mass is 79.9. The van der Waals surface area contributed by atoms with Gasteiger partial charge in [0, 0.05) is 21.8 Å². The number of hydrogen-bond donors (Lipinski definition) is 1. The number of ether oxygens (including phenoxy) is 1. The van der Waals surface area contributed by atoms with E-state index in [1.165, 1.54) is 0 Å². The first-order valence-electron chi connectivity index (χ1n) is 6.31. The van der Waals surface area contributed by atoms with Gasteiger partial charge in [-0.15, -0.1) is 5.10 Å². The Morgan fingerprint density at radius 2 is 2.35 bits per heavy atom. The SMILES string of the molecule is COc1ccc(Br)cc1CSc1n[nH]c(=O)n1C1CC1. The quantitative estimate of drug-likeness (QED) is 0.837. The number of aromatic nitrogens is 3. The standard InChI is InChI=1S/C13H14BrN3O2S/c1-19-11-5-2-9(14)6-8(11)7-20-13-16-15-12(18)17(13)10-3-4-10/h2,5-6,10H,3-4,7H2,1H3,(H,15,18). The van der Waals surface area contributed by atoms with Crippen molar-refractivity contribution in [2.24, 2.45) is 0 Å². The maximum atomic E-state index is 11.7. The van der Waals surface area contributed by atoms with Crippen LogP contribution in [0.25, 0.3) is 0 Å². The number of benzene rings is 1. The summed E-state index contributed by atoms with van der Waals surface area (Å²) in [4.78, 5) is 11.7. The number of methoxy groups -OCH3 is 1. The van der Waals surface area contributed by atoms with Gasteiger partial charge in [0.1, 0.15) is 5.75 Å². The minimum Gasteiger partial charge on any atom is -0.496 e. The lowest BCUT2D eigenvalue weighted by molar-refractivity contribution is 0.411. The molecule has 5 nitrogen and oxygen atoms in total. The average molecular weight is 356 g/mol. The number of rotatable bonds is 5. The molecule has 7 heteroatoms. The summed E-state index contributed by atoms with van der Waals surface area (Å²) in [5.74, 6) is 1.55. The molecule has 1 aliphatic carbocycles. The molecule has 1 aliphatic rings. The molecule has 0 radical (unpaired) electrons. The van der Waals surface area contributed by atoms with Crippen molar-refractivity contribution in [1.29, 1.82) is 0 Å². The monoisotopic (exact) mass is 355 g/mol. The lowest BCUT2D eigenvalue weighted by Crippen LogP contribution is -2.16. The van der Waals surface area contributed by atoms with Crippen LogP contribution in [0.3, 0.4) is 0 Å². The van der Waals surface area contributed by atoms with Gasteiger partial charge in [0.25, 0.3) is 0 Å². The first-order chi connectivity index (χ1) is 9.69. The van der Waals surface area contributed by atoms with Gasteiger partial charge in [-0.1, -0.05) is 27.7 Å². The molecule has 1 aromatic heterocycles. The van der Waals surface area contributed by atoms with Crippen molar-refractivity contribution in [3.05, 3.63) is 38.7 Å². The molecule has 0 saturated heterocycles. The van der Waals surface area contributed by atoms with Crippen LogP contribution in [0.4, 0.5) is 0 Å². The molecule has 1 fully saturated rings. The predicted molar refractivity (Wildman–Crippen MR) is 81.4 cm³/mol. The highest BCUT2D eigenvalue weighted by Gasteiger charge is 2.28. The summed E-state index contributed by atoms with van der Waals surface area (Å²) in [7, 11) is 1.66. The van der Waals surface area contributed by atoms with Crippen LogP contribution in [0.15, 0.2) is 32.6 Å². The van der Waals surface area contributed by atoms with Crippen LogP contribution in [0.2, 0.25) is 0 Å². The predicted octanol–water partition coefficient (Wildman–Crippen LogP) is 2.97. The number of nitrogens with zero attached hydrogens (tertiary/aromatic N) is 2. The van der Waals surface area contributed by atoms with Gasteiger partial charge in [0.2, 0.25) is 0 Å². The first-order valence-corrected chi connectivity index (χ1v) is 8.09. The molecule has 0 atom stereocenters. The Morgan fingerprint density at radius 3 is 3.05 bits per heavy atom. The fraction of sp³-hybridized carbons (Fsp3) is 0.385. The van der Waals surface area contributed by atoms with E-state index in [0.717, 1.165) is 33.8 Å². The number of thioether (sulfide) groups is 1. The molecular formula is C13H14BrN3O2S. The number of nitrogens with one attached hydrogen (secondary N) is 1. The number of hydrogen-bond acceptors (Lipinski definition) is 4. The van der Waals surface area contributed by atoms with E-state index >= 15 is 0 Å². The maximum Gasteiger partial charge on any atom is 0.344 e. The molecule has 0 unspecified atom stereocenters. The van der Waals surface area contributed by atoms with Crippen molar-refractivity contribution in [3.8, 4) is 5.75 Å². The van der Waals surface area contributed by atoms with E-state index in [-0.39, 0.29) is 5.69 Å². The van der Waals surface area contributed by atoms with Crippen LogP contribution in [0.5, 0.6) is 5.75 Å². The van der Waals surface area contributed by atoms with E-state index in [2.05, 4.69) is 26.1 Å². The van der Waals surface area contributed by atoms with Crippen molar-refractivity contribution in [3.63, 3.8) is 0 Å². The summed E-state index contributed by atoms with van der Waals surface area (Å²) in [5.41, 5.74) is 0.959. The molecule has 2 aromatic rings. The molecule has 0 amide bonds. The lowest BCUT2D eigenvalue weighted by Gasteiger charge is -2.09. The van der Waals surface area contributed by atoms with Gasteiger partial charge in [-0.3, -0.25) is 4.57 Å². The van der Waals surface area contributed by atoms with E-state index in [4.69, 9.17) is 4.74 Å². The van der Waals surface area contributed by atoms with Crippen molar-refractivity contribution in [2.75, 3.05) is 7.11 Å². The van der Waals surface area contributed by atoms with E-state index in [0.29, 0.717) is 11.8 Å². The lowest BCUT2D eigenvalue weighted by atomic mass is 10.2. The molecule has 1 heterocycles. The Bertz CT molecular complexity index is 678. The Hall–Kier alpha value is -1.21. The summed E-state index contributed by atoms with van der Waals surface area (Å²) < 4.78 is 8.12. The van der Waals surface area contributed by atoms with Crippen molar-refractivity contribution < 1.29 is 4.74 Å². The normalized spacial score (nSPS) is 14.5. The molecule has 20 heavy (non-hydrogen) atoms. The largest absolute Gasteiger partial charge is 0.496 e. The zero-order chi connectivity index (χ0) is 14.1. The zero-order valence-corrected chi connectivity index (χ0v) is 13.3. The van der Waals surface area contributed by atoms with Gasteiger partial charge < -0.3 is 4.74 Å². The Morgan fingerprint density at radius 1 is 1.55 bits per heavy atom. The van der Waals surface area contributed by atoms with Gasteiger partial charge in [0.15, 0.2) is 5.16 Å². The first kappa shape index (κ1) is 13.8. The van der Waals surface area contributed by atoms with E-state index in [1.54, 1.807) is 23.4 Å². The summed E-state index contributed by atoms with van der Waals surface area (Å²) in [6, 6.07) is 6.23. The molecule has 1 N–H and O–H groups in total. The zero-order valence-electron chi connectivity index (χ0n) is 10.9. The topological polar surface area (TPSA) is 59.9 Å². The molecule has 1 saturated carbocycles. The van der Waals surface area contributed by atoms with E-state index in [9.17, 15) is 4.79 Å². The second-order valence-electron chi connectivity index (χ2n) is 4.66. The van der Waals surface area contributed by atoms with Crippen LogP contribution in [0.1, 0.15) is 24.4 Å². The van der Waals surface area contributed by atoms with Gasteiger partial charge in [-0.2, -0.15) is 0 Å². The molecular weight excluding hydrogens is 342 g/mol. The third kappa shape index (κ3) is 2.78. The van der Waals surface area contributed by atoms with Gasteiger partial charge in [0.05, 0.1) is 7.11 Å². The summed E-state index contributed by atoms with van der Waals surface area (Å²) in [6.07, 6.45) is 2.13. The van der Waals surface area contributed by atoms with Gasteiger partial charge in [-0.05, 0) is 31.0 Å².